The summed E-state index contributed by atoms with van der Waals surface area (Å²) in [6.45, 7) is 3.88. The van der Waals surface area contributed by atoms with Gasteiger partial charge in [-0.15, -0.1) is 0 Å². The molecule has 1 aliphatic rings. The minimum absolute atomic E-state index is 0.00198. The van der Waals surface area contributed by atoms with Crippen LogP contribution in [0.1, 0.15) is 27.6 Å². The molecular weight excluding hydrogens is 356 g/mol. The van der Waals surface area contributed by atoms with Gasteiger partial charge in [-0.25, -0.2) is 18.6 Å². The molecular formula is C19H19F2N3O3. The highest BCUT2D eigenvalue weighted by Gasteiger charge is 2.23. The molecule has 2 aromatic rings. The molecule has 0 radical (unpaired) electrons. The van der Waals surface area contributed by atoms with Gasteiger partial charge in [0.05, 0.1) is 12.2 Å². The van der Waals surface area contributed by atoms with Gasteiger partial charge in [-0.3, -0.25) is 4.79 Å². The molecule has 2 heterocycles. The zero-order chi connectivity index (χ0) is 19.4. The van der Waals surface area contributed by atoms with Crippen LogP contribution in [0, 0.1) is 11.6 Å². The standard InChI is InChI=1S/C19H19F2N3O3/c1-2-27-19(26)13-3-4-17(22-12-13)23-5-7-24(8-6-23)18(25)14-9-15(20)11-16(21)10-14/h3-4,9-12H,2,5-8H2,1H3. The van der Waals surface area contributed by atoms with Gasteiger partial charge in [-0.2, -0.15) is 0 Å². The fourth-order valence-corrected chi connectivity index (χ4v) is 2.91. The average molecular weight is 375 g/mol. The fourth-order valence-electron chi connectivity index (χ4n) is 2.91. The van der Waals surface area contributed by atoms with E-state index in [4.69, 9.17) is 4.74 Å². The number of hydrogen-bond donors (Lipinski definition) is 0. The first-order valence-electron chi connectivity index (χ1n) is 8.61. The van der Waals surface area contributed by atoms with E-state index in [0.29, 0.717) is 44.2 Å². The van der Waals surface area contributed by atoms with Gasteiger partial charge in [0.1, 0.15) is 17.5 Å². The molecule has 6 nitrogen and oxygen atoms in total. The molecule has 0 N–H and O–H groups in total. The maximum Gasteiger partial charge on any atom is 0.339 e. The van der Waals surface area contributed by atoms with Gasteiger partial charge in [-0.1, -0.05) is 0 Å². The topological polar surface area (TPSA) is 62.7 Å². The van der Waals surface area contributed by atoms with Crippen molar-refractivity contribution in [1.29, 1.82) is 0 Å². The Morgan fingerprint density at radius 3 is 2.26 bits per heavy atom. The van der Waals surface area contributed by atoms with Crippen molar-refractivity contribution in [2.24, 2.45) is 0 Å². The summed E-state index contributed by atoms with van der Waals surface area (Å²) in [6, 6.07) is 6.18. The number of aromatic nitrogens is 1. The highest BCUT2D eigenvalue weighted by molar-refractivity contribution is 5.94. The molecule has 1 fully saturated rings. The van der Waals surface area contributed by atoms with Crippen LogP contribution in [0.3, 0.4) is 0 Å². The van der Waals surface area contributed by atoms with E-state index in [0.717, 1.165) is 18.2 Å². The molecule has 1 aromatic carbocycles. The van der Waals surface area contributed by atoms with Gasteiger partial charge in [0.25, 0.3) is 5.91 Å². The molecule has 8 heteroatoms. The molecule has 0 aliphatic carbocycles. The van der Waals surface area contributed by atoms with Gasteiger partial charge >= 0.3 is 5.97 Å². The van der Waals surface area contributed by atoms with Crippen LogP contribution in [0.25, 0.3) is 0 Å². The highest BCUT2D eigenvalue weighted by atomic mass is 19.1. The Kier molecular flexibility index (Phi) is 5.63. The van der Waals surface area contributed by atoms with Crippen LogP contribution in [0.5, 0.6) is 0 Å². The van der Waals surface area contributed by atoms with Gasteiger partial charge in [0, 0.05) is 44.0 Å². The first-order valence-corrected chi connectivity index (χ1v) is 8.61. The smallest absolute Gasteiger partial charge is 0.339 e. The van der Waals surface area contributed by atoms with Gasteiger partial charge in [0.2, 0.25) is 0 Å². The van der Waals surface area contributed by atoms with Crippen molar-refractivity contribution < 1.29 is 23.1 Å². The third kappa shape index (κ3) is 4.39. The number of esters is 1. The number of hydrogen-bond acceptors (Lipinski definition) is 5. The lowest BCUT2D eigenvalue weighted by Gasteiger charge is -2.35. The summed E-state index contributed by atoms with van der Waals surface area (Å²) < 4.78 is 31.6. The van der Waals surface area contributed by atoms with Gasteiger partial charge in [0.15, 0.2) is 0 Å². The predicted molar refractivity (Wildman–Crippen MR) is 94.7 cm³/mol. The minimum atomic E-state index is -0.775. The van der Waals surface area contributed by atoms with E-state index in [1.54, 1.807) is 24.0 Å². The normalized spacial score (nSPS) is 14.2. The van der Waals surface area contributed by atoms with Gasteiger partial charge < -0.3 is 14.5 Å². The Morgan fingerprint density at radius 1 is 1.04 bits per heavy atom. The van der Waals surface area contributed by atoms with Crippen molar-refractivity contribution in [3.63, 3.8) is 0 Å². The van der Waals surface area contributed by atoms with Crippen LogP contribution >= 0.6 is 0 Å². The Morgan fingerprint density at radius 2 is 1.70 bits per heavy atom. The highest BCUT2D eigenvalue weighted by Crippen LogP contribution is 2.17. The van der Waals surface area contributed by atoms with Crippen molar-refractivity contribution in [3.05, 3.63) is 59.3 Å². The van der Waals surface area contributed by atoms with E-state index in [2.05, 4.69) is 4.98 Å². The summed E-state index contributed by atoms with van der Waals surface area (Å²) in [5, 5.41) is 0. The van der Waals surface area contributed by atoms with E-state index in [9.17, 15) is 18.4 Å². The van der Waals surface area contributed by atoms with Crippen LogP contribution in [-0.4, -0.2) is 54.5 Å². The summed E-state index contributed by atoms with van der Waals surface area (Å²) in [5.41, 5.74) is 0.375. The lowest BCUT2D eigenvalue weighted by molar-refractivity contribution is 0.0525. The second-order valence-electron chi connectivity index (χ2n) is 6.06. The summed E-state index contributed by atoms with van der Waals surface area (Å²) >= 11 is 0. The number of anilines is 1. The molecule has 0 unspecified atom stereocenters. The molecule has 0 atom stereocenters. The number of amides is 1. The number of nitrogens with zero attached hydrogens (tertiary/aromatic N) is 3. The zero-order valence-corrected chi connectivity index (χ0v) is 14.8. The molecule has 1 aromatic heterocycles. The van der Waals surface area contributed by atoms with E-state index in [1.807, 2.05) is 4.90 Å². The molecule has 0 spiro atoms. The first kappa shape index (κ1) is 18.8. The average Bonchev–Trinajstić information content (AvgIpc) is 2.67. The van der Waals surface area contributed by atoms with E-state index < -0.39 is 23.5 Å². The number of ether oxygens (including phenoxy) is 1. The van der Waals surface area contributed by atoms with Crippen LogP contribution in [0.15, 0.2) is 36.5 Å². The Labute approximate surface area is 155 Å². The summed E-state index contributed by atoms with van der Waals surface area (Å²) in [7, 11) is 0. The molecule has 27 heavy (non-hydrogen) atoms. The maximum absolute atomic E-state index is 13.3. The number of carbonyl (C=O) groups is 2. The number of piperazine rings is 1. The number of rotatable bonds is 4. The summed E-state index contributed by atoms with van der Waals surface area (Å²) in [4.78, 5) is 31.9. The SMILES string of the molecule is CCOC(=O)c1ccc(N2CCN(C(=O)c3cc(F)cc(F)c3)CC2)nc1. The summed E-state index contributed by atoms with van der Waals surface area (Å²) in [6.07, 6.45) is 1.46. The molecule has 1 amide bonds. The van der Waals surface area contributed by atoms with Crippen molar-refractivity contribution in [2.75, 3.05) is 37.7 Å². The molecule has 0 saturated carbocycles. The quantitative estimate of drug-likeness (QED) is 0.769. The van der Waals surface area contributed by atoms with Crippen LogP contribution in [0.4, 0.5) is 14.6 Å². The third-order valence-corrected chi connectivity index (χ3v) is 4.26. The first-order chi connectivity index (χ1) is 13.0. The monoisotopic (exact) mass is 375 g/mol. The lowest BCUT2D eigenvalue weighted by atomic mass is 10.1. The Balaban J connectivity index is 1.61. The maximum atomic E-state index is 13.3. The van der Waals surface area contributed by atoms with E-state index in [1.165, 1.54) is 6.20 Å². The van der Waals surface area contributed by atoms with Crippen molar-refractivity contribution in [1.82, 2.24) is 9.88 Å². The Bertz CT molecular complexity index is 814. The van der Waals surface area contributed by atoms with Crippen molar-refractivity contribution in [3.8, 4) is 0 Å². The molecule has 3 rings (SSSR count). The summed E-state index contributed by atoms with van der Waals surface area (Å²) in [5.74, 6) is -1.69. The van der Waals surface area contributed by atoms with Crippen LogP contribution in [0.2, 0.25) is 0 Å². The number of carbonyl (C=O) groups excluding carboxylic acids is 2. The van der Waals surface area contributed by atoms with E-state index in [-0.39, 0.29) is 5.56 Å². The van der Waals surface area contributed by atoms with E-state index >= 15 is 0 Å². The van der Waals surface area contributed by atoms with Crippen molar-refractivity contribution >= 4 is 17.7 Å². The lowest BCUT2D eigenvalue weighted by Crippen LogP contribution is -2.49. The second kappa shape index (κ2) is 8.11. The third-order valence-electron chi connectivity index (χ3n) is 4.26. The second-order valence-corrected chi connectivity index (χ2v) is 6.06. The molecule has 142 valence electrons. The van der Waals surface area contributed by atoms with Gasteiger partial charge in [-0.05, 0) is 31.2 Å². The predicted octanol–water partition coefficient (Wildman–Crippen LogP) is 2.50. The zero-order valence-electron chi connectivity index (χ0n) is 14.8. The number of pyridine rings is 1. The molecule has 0 bridgehead atoms. The van der Waals surface area contributed by atoms with Crippen molar-refractivity contribution in [2.45, 2.75) is 6.92 Å². The number of benzene rings is 1. The minimum Gasteiger partial charge on any atom is -0.462 e. The fraction of sp³-hybridized carbons (Fsp3) is 0.316. The largest absolute Gasteiger partial charge is 0.462 e. The van der Waals surface area contributed by atoms with Crippen LogP contribution < -0.4 is 4.90 Å². The molecule has 1 saturated heterocycles. The Hall–Kier alpha value is -3.03. The number of halogens is 2. The molecule has 1 aliphatic heterocycles. The van der Waals surface area contributed by atoms with Crippen LogP contribution in [-0.2, 0) is 4.74 Å².